The van der Waals surface area contributed by atoms with E-state index in [-0.39, 0.29) is 23.9 Å². The molecule has 0 spiro atoms. The maximum Gasteiger partial charge on any atom is 0.253 e. The van der Waals surface area contributed by atoms with Gasteiger partial charge in [-0.2, -0.15) is 0 Å². The summed E-state index contributed by atoms with van der Waals surface area (Å²) in [6.45, 7) is 2.90. The quantitative estimate of drug-likeness (QED) is 0.619. The molecule has 0 aromatic heterocycles. The molecule has 5 rings (SSSR count). The Morgan fingerprint density at radius 2 is 1.55 bits per heavy atom. The van der Waals surface area contributed by atoms with Crippen LogP contribution in [0.1, 0.15) is 27.1 Å². The molecule has 3 aromatic carbocycles. The molecule has 3 aromatic rings. The molecular weight excluding hydrogens is 454 g/mol. The van der Waals surface area contributed by atoms with Crippen molar-refractivity contribution < 1.29 is 9.59 Å². The van der Waals surface area contributed by atoms with Crippen molar-refractivity contribution in [1.29, 1.82) is 0 Å². The molecule has 1 atom stereocenters. The summed E-state index contributed by atoms with van der Waals surface area (Å²) < 4.78 is 1.04. The summed E-state index contributed by atoms with van der Waals surface area (Å²) in [5.41, 5.74) is 1.47. The summed E-state index contributed by atoms with van der Waals surface area (Å²) in [7, 11) is 0. The molecule has 158 valence electrons. The zero-order valence-electron chi connectivity index (χ0n) is 17.1. The lowest BCUT2D eigenvalue weighted by molar-refractivity contribution is 0.0553. The molecule has 5 nitrogen and oxygen atoms in total. The number of nitrogens with one attached hydrogen (secondary N) is 1. The van der Waals surface area contributed by atoms with E-state index in [0.29, 0.717) is 13.1 Å². The second kappa shape index (κ2) is 8.44. The number of likely N-dealkylation sites (tertiary alicyclic amines) is 2. The summed E-state index contributed by atoms with van der Waals surface area (Å²) in [5.74, 6) is 0.172. The zero-order valence-corrected chi connectivity index (χ0v) is 18.7. The van der Waals surface area contributed by atoms with E-state index < -0.39 is 0 Å². The molecule has 0 saturated carbocycles. The van der Waals surface area contributed by atoms with Crippen LogP contribution in [0, 0.1) is 0 Å². The fraction of sp³-hybridized carbons (Fsp3) is 0.280. The van der Waals surface area contributed by atoms with Crippen molar-refractivity contribution in [2.45, 2.75) is 18.5 Å². The van der Waals surface area contributed by atoms with E-state index in [4.69, 9.17) is 0 Å². The molecule has 31 heavy (non-hydrogen) atoms. The molecule has 0 aliphatic carbocycles. The van der Waals surface area contributed by atoms with Gasteiger partial charge in [0.25, 0.3) is 11.8 Å². The fourth-order valence-corrected chi connectivity index (χ4v) is 5.00. The molecular formula is C25H24BrN3O2. The van der Waals surface area contributed by atoms with Crippen LogP contribution < -0.4 is 5.32 Å². The van der Waals surface area contributed by atoms with E-state index in [0.717, 1.165) is 45.9 Å². The summed E-state index contributed by atoms with van der Waals surface area (Å²) >= 11 is 3.56. The molecule has 2 fully saturated rings. The minimum absolute atomic E-state index is 0.0761. The molecule has 0 radical (unpaired) electrons. The van der Waals surface area contributed by atoms with Crippen LogP contribution in [0.2, 0.25) is 0 Å². The van der Waals surface area contributed by atoms with Gasteiger partial charge in [0, 0.05) is 53.9 Å². The second-order valence-corrected chi connectivity index (χ2v) is 9.21. The van der Waals surface area contributed by atoms with Gasteiger partial charge in [0.05, 0.1) is 0 Å². The molecule has 2 saturated heterocycles. The Bertz CT molecular complexity index is 1130. The lowest BCUT2D eigenvalue weighted by atomic mass is 10.0. The first-order valence-corrected chi connectivity index (χ1v) is 11.5. The van der Waals surface area contributed by atoms with E-state index in [1.807, 2.05) is 76.5 Å². The van der Waals surface area contributed by atoms with Gasteiger partial charge in [0.2, 0.25) is 0 Å². The third-order valence-corrected chi connectivity index (χ3v) is 6.90. The number of amides is 2. The largest absolute Gasteiger partial charge is 0.337 e. The van der Waals surface area contributed by atoms with E-state index in [2.05, 4.69) is 21.2 Å². The highest BCUT2D eigenvalue weighted by Gasteiger charge is 2.35. The van der Waals surface area contributed by atoms with Gasteiger partial charge >= 0.3 is 0 Å². The van der Waals surface area contributed by atoms with Gasteiger partial charge in [-0.1, -0.05) is 52.3 Å². The summed E-state index contributed by atoms with van der Waals surface area (Å²) in [5, 5.41) is 5.80. The smallest absolute Gasteiger partial charge is 0.253 e. The summed E-state index contributed by atoms with van der Waals surface area (Å²) in [4.78, 5) is 29.3. The molecule has 6 heteroatoms. The van der Waals surface area contributed by atoms with Gasteiger partial charge in [-0.3, -0.25) is 9.59 Å². The lowest BCUT2D eigenvalue weighted by Gasteiger charge is -2.41. The van der Waals surface area contributed by atoms with Gasteiger partial charge in [0.15, 0.2) is 0 Å². The number of hydrogen-bond donors (Lipinski definition) is 1. The fourth-order valence-electron chi connectivity index (χ4n) is 4.49. The first kappa shape index (κ1) is 20.2. The van der Waals surface area contributed by atoms with Crippen LogP contribution in [0.3, 0.4) is 0 Å². The van der Waals surface area contributed by atoms with E-state index >= 15 is 0 Å². The number of halogens is 1. The Hall–Kier alpha value is -2.70. The monoisotopic (exact) mass is 477 g/mol. The number of nitrogens with zero attached hydrogens (tertiary/aromatic N) is 2. The van der Waals surface area contributed by atoms with Gasteiger partial charge in [-0.15, -0.1) is 0 Å². The maximum absolute atomic E-state index is 12.9. The van der Waals surface area contributed by atoms with Gasteiger partial charge in [-0.25, -0.2) is 0 Å². The van der Waals surface area contributed by atoms with Gasteiger partial charge in [-0.05, 0) is 47.5 Å². The number of carbonyl (C=O) groups excluding carboxylic acids is 2. The van der Waals surface area contributed by atoms with E-state index in [1.165, 1.54) is 0 Å². The van der Waals surface area contributed by atoms with Crippen molar-refractivity contribution in [3.63, 3.8) is 0 Å². The SMILES string of the molecule is O=C(c1ccc2c(Br)cccc2c1)N1CC(N[C@H]2CCN(C(=O)c3ccccc3)C2)C1. The Morgan fingerprint density at radius 3 is 2.35 bits per heavy atom. The number of benzene rings is 3. The normalized spacial score (nSPS) is 18.9. The number of rotatable bonds is 4. The van der Waals surface area contributed by atoms with Crippen molar-refractivity contribution in [2.24, 2.45) is 0 Å². The van der Waals surface area contributed by atoms with Crippen molar-refractivity contribution in [3.05, 3.63) is 82.3 Å². The van der Waals surface area contributed by atoms with Crippen molar-refractivity contribution >= 4 is 38.5 Å². The molecule has 2 amide bonds. The molecule has 0 bridgehead atoms. The second-order valence-electron chi connectivity index (χ2n) is 8.35. The average molecular weight is 478 g/mol. The first-order chi connectivity index (χ1) is 15.1. The highest BCUT2D eigenvalue weighted by atomic mass is 79.9. The van der Waals surface area contributed by atoms with Crippen LogP contribution in [0.15, 0.2) is 71.2 Å². The highest BCUT2D eigenvalue weighted by Crippen LogP contribution is 2.26. The number of carbonyl (C=O) groups is 2. The molecule has 2 aliphatic heterocycles. The molecule has 2 aliphatic rings. The number of fused-ring (bicyclic) bond motifs is 1. The van der Waals surface area contributed by atoms with Crippen molar-refractivity contribution in [2.75, 3.05) is 26.2 Å². The summed E-state index contributed by atoms with van der Waals surface area (Å²) in [6.07, 6.45) is 0.947. The zero-order chi connectivity index (χ0) is 21.4. The minimum atomic E-state index is 0.0761. The highest BCUT2D eigenvalue weighted by molar-refractivity contribution is 9.10. The molecule has 1 N–H and O–H groups in total. The molecule has 2 heterocycles. The van der Waals surface area contributed by atoms with Crippen LogP contribution in [0.25, 0.3) is 10.8 Å². The lowest BCUT2D eigenvalue weighted by Crippen LogP contribution is -2.62. The van der Waals surface area contributed by atoms with Crippen LogP contribution in [0.5, 0.6) is 0 Å². The van der Waals surface area contributed by atoms with Crippen LogP contribution in [-0.2, 0) is 0 Å². The Morgan fingerprint density at radius 1 is 0.806 bits per heavy atom. The standard InChI is InChI=1S/C25H24BrN3O2/c26-23-8-4-7-18-13-19(9-10-22(18)23)25(31)29-15-21(16-29)27-20-11-12-28(14-20)24(30)17-5-2-1-3-6-17/h1-10,13,20-21,27H,11-12,14-16H2/t20-/m0/s1. The Kier molecular flexibility index (Phi) is 5.50. The van der Waals surface area contributed by atoms with Gasteiger partial charge in [0.1, 0.15) is 0 Å². The predicted molar refractivity (Wildman–Crippen MR) is 125 cm³/mol. The predicted octanol–water partition coefficient (Wildman–Crippen LogP) is 3.93. The summed E-state index contributed by atoms with van der Waals surface area (Å²) in [6, 6.07) is 21.9. The average Bonchev–Trinajstić information content (AvgIpc) is 3.24. The Balaban J connectivity index is 1.14. The van der Waals surface area contributed by atoms with E-state index in [1.54, 1.807) is 0 Å². The first-order valence-electron chi connectivity index (χ1n) is 10.7. The van der Waals surface area contributed by atoms with E-state index in [9.17, 15) is 9.59 Å². The van der Waals surface area contributed by atoms with Crippen molar-refractivity contribution in [3.8, 4) is 0 Å². The van der Waals surface area contributed by atoms with Crippen LogP contribution in [-0.4, -0.2) is 59.9 Å². The number of hydrogen-bond acceptors (Lipinski definition) is 3. The Labute approximate surface area is 190 Å². The van der Waals surface area contributed by atoms with Gasteiger partial charge < -0.3 is 15.1 Å². The maximum atomic E-state index is 12.9. The molecule has 0 unspecified atom stereocenters. The minimum Gasteiger partial charge on any atom is -0.337 e. The third-order valence-electron chi connectivity index (χ3n) is 6.21. The van der Waals surface area contributed by atoms with Crippen molar-refractivity contribution in [1.82, 2.24) is 15.1 Å². The topological polar surface area (TPSA) is 52.7 Å². The third kappa shape index (κ3) is 4.10. The van der Waals surface area contributed by atoms with Crippen LogP contribution >= 0.6 is 15.9 Å². The van der Waals surface area contributed by atoms with Crippen LogP contribution in [0.4, 0.5) is 0 Å².